The summed E-state index contributed by atoms with van der Waals surface area (Å²) in [6, 6.07) is 41.0. The summed E-state index contributed by atoms with van der Waals surface area (Å²) < 4.78 is 6.92. The molecule has 1 fully saturated rings. The van der Waals surface area contributed by atoms with Gasteiger partial charge in [-0.3, -0.25) is 4.79 Å². The maximum absolute atomic E-state index is 14.0. The van der Waals surface area contributed by atoms with Crippen molar-refractivity contribution in [2.24, 2.45) is 5.92 Å². The summed E-state index contributed by atoms with van der Waals surface area (Å²) >= 11 is 6.72. The van der Waals surface area contributed by atoms with Crippen LogP contribution in [0.25, 0.3) is 22.0 Å². The largest absolute Gasteiger partial charge is 0.465 e. The fourth-order valence-corrected chi connectivity index (χ4v) is 7.34. The Morgan fingerprint density at radius 1 is 0.843 bits per heavy atom. The lowest BCUT2D eigenvalue weighted by Gasteiger charge is -2.37. The number of nitrogens with zero attached hydrogens (tertiary/aromatic N) is 3. The average Bonchev–Trinajstić information content (AvgIpc) is 3.53. The maximum Gasteiger partial charge on any atom is 0.407 e. The fourth-order valence-electron chi connectivity index (χ4n) is 7.11. The molecule has 5 aromatic carbocycles. The monoisotopic (exact) mass is 698 g/mol. The molecular weight excluding hydrogens is 664 g/mol. The molecule has 2 N–H and O–H groups in total. The normalized spacial score (nSPS) is 14.6. The Kier molecular flexibility index (Phi) is 9.30. The zero-order valence-corrected chi connectivity index (χ0v) is 28.6. The number of amides is 2. The van der Waals surface area contributed by atoms with E-state index in [9.17, 15) is 19.5 Å². The van der Waals surface area contributed by atoms with E-state index in [4.69, 9.17) is 21.4 Å². The number of nitrogens with one attached hydrogen (secondary N) is 1. The smallest absolute Gasteiger partial charge is 0.407 e. The number of benzene rings is 5. The van der Waals surface area contributed by atoms with E-state index in [2.05, 4.69) is 41.7 Å². The summed E-state index contributed by atoms with van der Waals surface area (Å²) in [5.74, 6) is -1.03. The van der Waals surface area contributed by atoms with Crippen LogP contribution >= 0.6 is 11.6 Å². The quantitative estimate of drug-likeness (QED) is 0.122. The van der Waals surface area contributed by atoms with Crippen LogP contribution < -0.4 is 5.32 Å². The van der Waals surface area contributed by atoms with Crippen molar-refractivity contribution in [2.45, 2.75) is 18.4 Å². The first kappa shape index (κ1) is 33.6. The molecule has 2 amide bonds. The lowest BCUT2D eigenvalue weighted by molar-refractivity contribution is -0.121. The summed E-state index contributed by atoms with van der Waals surface area (Å²) in [5, 5.41) is 19.1. The Morgan fingerprint density at radius 3 is 2.02 bits per heavy atom. The number of esters is 1. The van der Waals surface area contributed by atoms with Crippen molar-refractivity contribution in [2.75, 3.05) is 25.5 Å². The molecule has 1 atom stereocenters. The molecule has 256 valence electrons. The highest BCUT2D eigenvalue weighted by Crippen LogP contribution is 2.44. The number of carbonyl (C=O) groups excluding carboxylic acids is 2. The Bertz CT molecular complexity index is 2130. The van der Waals surface area contributed by atoms with E-state index in [1.165, 1.54) is 12.0 Å². The standard InChI is InChI=1S/C41H35ClN4O5/c1-51-39(48)28-19-21-35(42)33(25-28)27-20-22-36-34(24-27)37(43-38(47)29-12-11-23-45(26-29)40(49)50)44-46(36)41(30-13-5-2-6-14-30,31-15-7-3-8-16-31)32-17-9-4-10-18-32/h2-10,13-22,24-25,29H,11-12,23,26H2,1H3,(H,49,50)(H,43,44,47)/t29-/m1/s1. The molecule has 0 unspecified atom stereocenters. The van der Waals surface area contributed by atoms with E-state index in [0.29, 0.717) is 52.3 Å². The highest BCUT2D eigenvalue weighted by Gasteiger charge is 2.41. The van der Waals surface area contributed by atoms with Crippen LogP contribution in [-0.4, -0.2) is 58.0 Å². The summed E-state index contributed by atoms with van der Waals surface area (Å²) in [6.07, 6.45) is 0.0891. The molecule has 0 saturated carbocycles. The predicted octanol–water partition coefficient (Wildman–Crippen LogP) is 8.31. The first-order valence-corrected chi connectivity index (χ1v) is 17.1. The predicted molar refractivity (Wildman–Crippen MR) is 197 cm³/mol. The van der Waals surface area contributed by atoms with Crippen LogP contribution in [0.5, 0.6) is 0 Å². The summed E-state index contributed by atoms with van der Waals surface area (Å²) in [6.45, 7) is 0.488. The molecule has 0 aliphatic carbocycles. The molecule has 1 aliphatic rings. The minimum Gasteiger partial charge on any atom is -0.465 e. The first-order chi connectivity index (χ1) is 24.8. The average molecular weight is 699 g/mol. The summed E-state index contributed by atoms with van der Waals surface area (Å²) in [4.78, 5) is 39.5. The topological polar surface area (TPSA) is 114 Å². The molecule has 0 bridgehead atoms. The lowest BCUT2D eigenvalue weighted by Crippen LogP contribution is -2.43. The van der Waals surface area contributed by atoms with Gasteiger partial charge in [-0.2, -0.15) is 5.10 Å². The zero-order chi connectivity index (χ0) is 35.5. The Hall–Kier alpha value is -5.93. The van der Waals surface area contributed by atoms with E-state index in [1.54, 1.807) is 18.2 Å². The molecule has 1 aliphatic heterocycles. The molecule has 9 nitrogen and oxygen atoms in total. The molecule has 2 heterocycles. The van der Waals surface area contributed by atoms with Crippen molar-refractivity contribution < 1.29 is 24.2 Å². The number of aromatic nitrogens is 2. The van der Waals surface area contributed by atoms with E-state index in [1.807, 2.05) is 77.5 Å². The molecule has 10 heteroatoms. The van der Waals surface area contributed by atoms with Gasteiger partial charge in [0.15, 0.2) is 5.82 Å². The van der Waals surface area contributed by atoms with Gasteiger partial charge in [0, 0.05) is 29.1 Å². The number of piperidine rings is 1. The summed E-state index contributed by atoms with van der Waals surface area (Å²) in [7, 11) is 1.33. The Balaban J connectivity index is 1.49. The Morgan fingerprint density at radius 2 is 1.45 bits per heavy atom. The third-order valence-electron chi connectivity index (χ3n) is 9.58. The van der Waals surface area contributed by atoms with Crippen molar-refractivity contribution >= 4 is 46.3 Å². The number of carbonyl (C=O) groups is 3. The van der Waals surface area contributed by atoms with Gasteiger partial charge in [0.2, 0.25) is 5.91 Å². The first-order valence-electron chi connectivity index (χ1n) is 16.7. The van der Waals surface area contributed by atoms with Gasteiger partial charge in [-0.1, -0.05) is 109 Å². The summed E-state index contributed by atoms with van der Waals surface area (Å²) in [5.41, 5.74) is 4.24. The molecule has 6 aromatic rings. The van der Waals surface area contributed by atoms with Crippen molar-refractivity contribution in [3.63, 3.8) is 0 Å². The second-order valence-electron chi connectivity index (χ2n) is 12.5. The van der Waals surface area contributed by atoms with Gasteiger partial charge in [0.25, 0.3) is 0 Å². The number of hydrogen-bond acceptors (Lipinski definition) is 5. The van der Waals surface area contributed by atoms with Gasteiger partial charge in [-0.05, 0) is 65.4 Å². The van der Waals surface area contributed by atoms with Crippen LogP contribution in [0, 0.1) is 5.92 Å². The molecule has 0 spiro atoms. The number of methoxy groups -OCH3 is 1. The van der Waals surface area contributed by atoms with Crippen LogP contribution in [0.2, 0.25) is 5.02 Å². The number of ether oxygens (including phenoxy) is 1. The van der Waals surface area contributed by atoms with Gasteiger partial charge in [-0.15, -0.1) is 0 Å². The van der Waals surface area contributed by atoms with Crippen LogP contribution in [0.15, 0.2) is 127 Å². The van der Waals surface area contributed by atoms with Crippen LogP contribution in [0.3, 0.4) is 0 Å². The number of anilines is 1. The van der Waals surface area contributed by atoms with E-state index in [0.717, 1.165) is 22.2 Å². The van der Waals surface area contributed by atoms with Crippen LogP contribution in [0.1, 0.15) is 39.9 Å². The number of hydrogen-bond donors (Lipinski definition) is 2. The second kappa shape index (κ2) is 14.1. The maximum atomic E-state index is 14.0. The molecule has 51 heavy (non-hydrogen) atoms. The highest BCUT2D eigenvalue weighted by molar-refractivity contribution is 6.33. The van der Waals surface area contributed by atoms with E-state index in [-0.39, 0.29) is 12.5 Å². The number of fused-ring (bicyclic) bond motifs is 1. The highest BCUT2D eigenvalue weighted by atomic mass is 35.5. The Labute approximate surface area is 300 Å². The van der Waals surface area contributed by atoms with Crippen molar-refractivity contribution in [1.29, 1.82) is 0 Å². The van der Waals surface area contributed by atoms with E-state index < -0.39 is 23.5 Å². The van der Waals surface area contributed by atoms with Crippen LogP contribution in [0.4, 0.5) is 10.6 Å². The third kappa shape index (κ3) is 6.21. The minimum atomic E-state index is -1.05. The lowest BCUT2D eigenvalue weighted by atomic mass is 9.77. The number of likely N-dealkylation sites (tertiary alicyclic amines) is 1. The number of rotatable bonds is 8. The fraction of sp³-hybridized carbons (Fsp3) is 0.171. The van der Waals surface area contributed by atoms with Crippen molar-refractivity contribution in [3.8, 4) is 11.1 Å². The van der Waals surface area contributed by atoms with Crippen molar-refractivity contribution in [1.82, 2.24) is 14.7 Å². The van der Waals surface area contributed by atoms with E-state index >= 15 is 0 Å². The van der Waals surface area contributed by atoms with Gasteiger partial charge in [-0.25, -0.2) is 14.3 Å². The third-order valence-corrected chi connectivity index (χ3v) is 9.90. The van der Waals surface area contributed by atoms with Gasteiger partial charge in [0.05, 0.1) is 24.1 Å². The van der Waals surface area contributed by atoms with Crippen LogP contribution in [-0.2, 0) is 15.1 Å². The zero-order valence-electron chi connectivity index (χ0n) is 27.8. The van der Waals surface area contributed by atoms with Gasteiger partial charge in [0.1, 0.15) is 5.54 Å². The molecule has 7 rings (SSSR count). The minimum absolute atomic E-state index is 0.100. The number of halogens is 1. The van der Waals surface area contributed by atoms with Crippen molar-refractivity contribution in [3.05, 3.63) is 155 Å². The second-order valence-corrected chi connectivity index (χ2v) is 13.0. The molecule has 1 aromatic heterocycles. The molecule has 1 saturated heterocycles. The van der Waals surface area contributed by atoms with Gasteiger partial charge < -0.3 is 20.1 Å². The molecular formula is C41H35ClN4O5. The molecule has 0 radical (unpaired) electrons. The number of carboxylic acid groups (broad SMARTS) is 1. The van der Waals surface area contributed by atoms with Gasteiger partial charge >= 0.3 is 12.1 Å². The SMILES string of the molecule is COC(=O)c1ccc(Cl)c(-c2ccc3c(c2)c(NC(=O)[C@@H]2CCCN(C(=O)O)C2)nn3C(c2ccccc2)(c2ccccc2)c2ccccc2)c1.